The zero-order chi connectivity index (χ0) is 19.4. The number of hydrogen-bond donors (Lipinski definition) is 1. The summed E-state index contributed by atoms with van der Waals surface area (Å²) in [7, 11) is -3.63. The summed E-state index contributed by atoms with van der Waals surface area (Å²) in [6, 6.07) is 5.78. The molecule has 1 aliphatic heterocycles. The van der Waals surface area contributed by atoms with Gasteiger partial charge >= 0.3 is 5.97 Å². The maximum absolute atomic E-state index is 12.8. The van der Waals surface area contributed by atoms with Crippen LogP contribution in [0.3, 0.4) is 0 Å². The lowest BCUT2D eigenvalue weighted by molar-refractivity contribution is -0.126. The minimum Gasteiger partial charge on any atom is -0.462 e. The fourth-order valence-electron chi connectivity index (χ4n) is 3.20. The van der Waals surface area contributed by atoms with Crippen molar-refractivity contribution < 1.29 is 22.7 Å². The van der Waals surface area contributed by atoms with Gasteiger partial charge in [0.25, 0.3) is 0 Å². The van der Waals surface area contributed by atoms with Crippen molar-refractivity contribution in [1.29, 1.82) is 0 Å². The first-order valence-corrected chi connectivity index (χ1v) is 10.9. The van der Waals surface area contributed by atoms with Crippen LogP contribution in [0.2, 0.25) is 0 Å². The van der Waals surface area contributed by atoms with Crippen molar-refractivity contribution >= 4 is 21.9 Å². The van der Waals surface area contributed by atoms with Crippen LogP contribution in [0.25, 0.3) is 0 Å². The summed E-state index contributed by atoms with van der Waals surface area (Å²) in [4.78, 5) is 24.0. The van der Waals surface area contributed by atoms with Crippen molar-refractivity contribution in [3.63, 3.8) is 0 Å². The fraction of sp³-hybridized carbons (Fsp3) is 0.579. The van der Waals surface area contributed by atoms with E-state index in [2.05, 4.69) is 5.32 Å². The molecule has 0 spiro atoms. The van der Waals surface area contributed by atoms with E-state index in [1.807, 2.05) is 0 Å². The summed E-state index contributed by atoms with van der Waals surface area (Å²) in [6.07, 6.45) is 3.42. The van der Waals surface area contributed by atoms with Crippen LogP contribution in [-0.2, 0) is 19.6 Å². The number of benzene rings is 1. The Morgan fingerprint density at radius 3 is 2.30 bits per heavy atom. The summed E-state index contributed by atoms with van der Waals surface area (Å²) < 4.78 is 31.9. The van der Waals surface area contributed by atoms with Gasteiger partial charge in [-0.15, -0.1) is 0 Å². The zero-order valence-electron chi connectivity index (χ0n) is 15.5. The molecular weight excluding hydrogens is 368 g/mol. The Morgan fingerprint density at radius 2 is 1.74 bits per heavy atom. The number of carbonyl (C=O) groups is 2. The third-order valence-corrected chi connectivity index (χ3v) is 7.00. The van der Waals surface area contributed by atoms with Crippen LogP contribution in [0.5, 0.6) is 0 Å². The molecule has 1 saturated heterocycles. The van der Waals surface area contributed by atoms with Crippen molar-refractivity contribution in [2.24, 2.45) is 11.8 Å². The minimum atomic E-state index is -3.63. The van der Waals surface area contributed by atoms with E-state index in [1.54, 1.807) is 6.92 Å². The molecular formula is C19H26N2O5S. The van der Waals surface area contributed by atoms with Crippen molar-refractivity contribution in [1.82, 2.24) is 9.62 Å². The standard InChI is InChI=1S/C19H26N2O5S/c1-2-26-19(23)16-5-7-17(8-6-16)27(24,25)21-11-9-15(10-12-21)18(22)20-13-14-3-4-14/h5-8,14-15H,2-4,9-13H2,1H3,(H,20,22). The van der Waals surface area contributed by atoms with E-state index in [0.717, 1.165) is 6.54 Å². The molecule has 0 bridgehead atoms. The van der Waals surface area contributed by atoms with Crippen LogP contribution in [0, 0.1) is 11.8 Å². The zero-order valence-corrected chi connectivity index (χ0v) is 16.3. The Kier molecular flexibility index (Phi) is 6.16. The number of sulfonamides is 1. The van der Waals surface area contributed by atoms with Crippen molar-refractivity contribution in [3.8, 4) is 0 Å². The highest BCUT2D eigenvalue weighted by Gasteiger charge is 2.32. The van der Waals surface area contributed by atoms with Crippen LogP contribution in [-0.4, -0.2) is 50.8 Å². The number of amides is 1. The average Bonchev–Trinajstić information content (AvgIpc) is 3.51. The molecule has 1 aliphatic carbocycles. The Balaban J connectivity index is 1.57. The number of esters is 1. The van der Waals surface area contributed by atoms with Gasteiger partial charge in [0.1, 0.15) is 0 Å². The molecule has 3 rings (SSSR count). The normalized spacial score (nSPS) is 18.9. The van der Waals surface area contributed by atoms with Crippen molar-refractivity contribution in [3.05, 3.63) is 29.8 Å². The number of hydrogen-bond acceptors (Lipinski definition) is 5. The second-order valence-electron chi connectivity index (χ2n) is 7.11. The highest BCUT2D eigenvalue weighted by atomic mass is 32.2. The van der Waals surface area contributed by atoms with E-state index >= 15 is 0 Å². The van der Waals surface area contributed by atoms with Gasteiger partial charge in [0.15, 0.2) is 0 Å². The van der Waals surface area contributed by atoms with Crippen molar-refractivity contribution in [2.75, 3.05) is 26.2 Å². The molecule has 1 heterocycles. The van der Waals surface area contributed by atoms with E-state index in [-0.39, 0.29) is 23.3 Å². The van der Waals surface area contributed by atoms with Gasteiger partial charge in [-0.05, 0) is 62.8 Å². The second kappa shape index (κ2) is 8.39. The molecule has 1 aromatic rings. The molecule has 148 valence electrons. The summed E-state index contributed by atoms with van der Waals surface area (Å²) in [5.74, 6) is 0.0746. The number of nitrogens with one attached hydrogen (secondary N) is 1. The lowest BCUT2D eigenvalue weighted by Gasteiger charge is -2.30. The van der Waals surface area contributed by atoms with E-state index in [4.69, 9.17) is 4.74 Å². The number of nitrogens with zero attached hydrogens (tertiary/aromatic N) is 1. The molecule has 0 atom stereocenters. The Hall–Kier alpha value is -1.93. The van der Waals surface area contributed by atoms with Gasteiger partial charge in [-0.25, -0.2) is 13.2 Å². The largest absolute Gasteiger partial charge is 0.462 e. The first-order valence-electron chi connectivity index (χ1n) is 9.47. The third kappa shape index (κ3) is 4.87. The van der Waals surface area contributed by atoms with Gasteiger partial charge in [0.2, 0.25) is 15.9 Å². The topological polar surface area (TPSA) is 92.8 Å². The smallest absolute Gasteiger partial charge is 0.338 e. The molecule has 27 heavy (non-hydrogen) atoms. The molecule has 2 fully saturated rings. The Bertz CT molecular complexity index is 779. The summed E-state index contributed by atoms with van der Waals surface area (Å²) in [6.45, 7) is 3.37. The third-order valence-electron chi connectivity index (χ3n) is 5.09. The first kappa shape index (κ1) is 19.8. The molecule has 1 saturated carbocycles. The van der Waals surface area contributed by atoms with Crippen LogP contribution in [0.15, 0.2) is 29.2 Å². The Morgan fingerprint density at radius 1 is 1.11 bits per heavy atom. The van der Waals surface area contributed by atoms with Gasteiger partial charge in [0, 0.05) is 25.6 Å². The molecule has 0 aromatic heterocycles. The van der Waals surface area contributed by atoms with E-state index in [9.17, 15) is 18.0 Å². The maximum Gasteiger partial charge on any atom is 0.338 e. The van der Waals surface area contributed by atoms with Gasteiger partial charge < -0.3 is 10.1 Å². The number of rotatable bonds is 7. The molecule has 2 aliphatic rings. The van der Waals surface area contributed by atoms with E-state index < -0.39 is 16.0 Å². The summed E-state index contributed by atoms with van der Waals surface area (Å²) in [5, 5.41) is 2.98. The number of carbonyl (C=O) groups excluding carboxylic acids is 2. The number of piperidine rings is 1. The Labute approximate surface area is 160 Å². The summed E-state index contributed by atoms with van der Waals surface area (Å²) in [5.41, 5.74) is 0.321. The van der Waals surface area contributed by atoms with Crippen LogP contribution >= 0.6 is 0 Å². The average molecular weight is 394 g/mol. The molecule has 1 N–H and O–H groups in total. The van der Waals surface area contributed by atoms with Crippen LogP contribution < -0.4 is 5.32 Å². The van der Waals surface area contributed by atoms with Gasteiger partial charge in [0.05, 0.1) is 17.1 Å². The highest BCUT2D eigenvalue weighted by molar-refractivity contribution is 7.89. The molecule has 1 amide bonds. The maximum atomic E-state index is 12.8. The predicted molar refractivity (Wildman–Crippen MR) is 99.6 cm³/mol. The van der Waals surface area contributed by atoms with Gasteiger partial charge in [-0.3, -0.25) is 4.79 Å². The summed E-state index contributed by atoms with van der Waals surface area (Å²) >= 11 is 0. The lowest BCUT2D eigenvalue weighted by atomic mass is 9.97. The van der Waals surface area contributed by atoms with Gasteiger partial charge in [-0.1, -0.05) is 0 Å². The quantitative estimate of drug-likeness (QED) is 0.712. The fourth-order valence-corrected chi connectivity index (χ4v) is 4.67. The minimum absolute atomic E-state index is 0.0396. The molecule has 0 radical (unpaired) electrons. The first-order chi connectivity index (χ1) is 12.9. The molecule has 0 unspecified atom stereocenters. The highest BCUT2D eigenvalue weighted by Crippen LogP contribution is 2.28. The molecule has 7 nitrogen and oxygen atoms in total. The molecule has 1 aromatic carbocycles. The van der Waals surface area contributed by atoms with Gasteiger partial charge in [-0.2, -0.15) is 4.31 Å². The van der Waals surface area contributed by atoms with Crippen LogP contribution in [0.4, 0.5) is 0 Å². The predicted octanol–water partition coefficient (Wildman–Crippen LogP) is 1.79. The molecule has 8 heteroatoms. The lowest BCUT2D eigenvalue weighted by Crippen LogP contribution is -2.43. The second-order valence-corrected chi connectivity index (χ2v) is 9.05. The van der Waals surface area contributed by atoms with E-state index in [1.165, 1.54) is 41.4 Å². The SMILES string of the molecule is CCOC(=O)c1ccc(S(=O)(=O)N2CCC(C(=O)NCC3CC3)CC2)cc1. The monoisotopic (exact) mass is 394 g/mol. The van der Waals surface area contributed by atoms with Crippen LogP contribution in [0.1, 0.15) is 43.0 Å². The number of ether oxygens (including phenoxy) is 1. The van der Waals surface area contributed by atoms with Crippen molar-refractivity contribution in [2.45, 2.75) is 37.5 Å². The van der Waals surface area contributed by atoms with E-state index in [0.29, 0.717) is 37.4 Å².